The van der Waals surface area contributed by atoms with Crippen LogP contribution in [-0.2, 0) is 12.8 Å². The van der Waals surface area contributed by atoms with Gasteiger partial charge in [-0.1, -0.05) is 6.42 Å². The summed E-state index contributed by atoms with van der Waals surface area (Å²) < 4.78 is 12.5. The number of hydrogen-bond donors (Lipinski definition) is 0. The molecule has 3 aromatic heterocycles. The number of fused-ring (bicyclic) bond motifs is 5. The molecule has 0 aliphatic heterocycles. The van der Waals surface area contributed by atoms with Crippen LogP contribution >= 0.6 is 11.3 Å². The van der Waals surface area contributed by atoms with E-state index in [1.54, 1.807) is 25.1 Å². The van der Waals surface area contributed by atoms with Gasteiger partial charge in [-0.25, -0.2) is 14.5 Å². The van der Waals surface area contributed by atoms with Gasteiger partial charge in [0.25, 0.3) is 0 Å². The highest BCUT2D eigenvalue weighted by Gasteiger charge is 2.20. The maximum atomic E-state index is 5.42. The number of benzene rings is 1. The Balaban J connectivity index is 1.69. The predicted octanol–water partition coefficient (Wildman–Crippen LogP) is 4.29. The van der Waals surface area contributed by atoms with E-state index in [1.807, 2.05) is 29.5 Å². The molecule has 0 bridgehead atoms. The minimum absolute atomic E-state index is 0.666. The van der Waals surface area contributed by atoms with Gasteiger partial charge < -0.3 is 9.47 Å². The average molecular weight is 380 g/mol. The van der Waals surface area contributed by atoms with Crippen LogP contribution < -0.4 is 9.47 Å². The Bertz CT molecular complexity index is 1150. The predicted molar refractivity (Wildman–Crippen MR) is 106 cm³/mol. The van der Waals surface area contributed by atoms with Crippen molar-refractivity contribution in [1.82, 2.24) is 19.6 Å². The van der Waals surface area contributed by atoms with E-state index in [2.05, 4.69) is 10.1 Å². The third-order valence-corrected chi connectivity index (χ3v) is 6.38. The Hall–Kier alpha value is -2.67. The normalized spacial score (nSPS) is 14.3. The molecule has 7 heteroatoms. The fraction of sp³-hybridized carbons (Fsp3) is 0.350. The second-order valence-corrected chi connectivity index (χ2v) is 7.85. The van der Waals surface area contributed by atoms with Gasteiger partial charge in [0, 0.05) is 10.4 Å². The summed E-state index contributed by atoms with van der Waals surface area (Å²) >= 11 is 1.82. The second-order valence-electron chi connectivity index (χ2n) is 6.76. The summed E-state index contributed by atoms with van der Waals surface area (Å²) in [4.78, 5) is 12.1. The summed E-state index contributed by atoms with van der Waals surface area (Å²) in [7, 11) is 3.26. The number of nitrogens with zero attached hydrogens (tertiary/aromatic N) is 4. The summed E-state index contributed by atoms with van der Waals surface area (Å²) in [6.45, 7) is 0. The fourth-order valence-electron chi connectivity index (χ4n) is 3.83. The third-order valence-electron chi connectivity index (χ3n) is 5.18. The highest BCUT2D eigenvalue weighted by molar-refractivity contribution is 7.19. The number of thiophene rings is 1. The summed E-state index contributed by atoms with van der Waals surface area (Å²) in [5, 5.41) is 5.85. The van der Waals surface area contributed by atoms with Gasteiger partial charge in [0.2, 0.25) is 0 Å². The standard InChI is InChI=1S/C20H20N4O2S/c1-25-14-9-8-12(10-15(14)26-2)18-22-19-17-13-6-4-3-5-7-16(13)27-20(17)21-11-24(19)23-18/h8-11H,3-7H2,1-2H3. The molecule has 0 saturated heterocycles. The number of rotatable bonds is 3. The molecular weight excluding hydrogens is 360 g/mol. The van der Waals surface area contributed by atoms with Crippen LogP contribution in [0.25, 0.3) is 27.3 Å². The highest BCUT2D eigenvalue weighted by atomic mass is 32.1. The Morgan fingerprint density at radius 2 is 1.89 bits per heavy atom. The molecule has 6 nitrogen and oxygen atoms in total. The summed E-state index contributed by atoms with van der Waals surface area (Å²) in [6, 6.07) is 5.74. The molecule has 138 valence electrons. The summed E-state index contributed by atoms with van der Waals surface area (Å²) in [5.41, 5.74) is 3.21. The fourth-order valence-corrected chi connectivity index (χ4v) is 5.05. The average Bonchev–Trinajstić information content (AvgIpc) is 3.21. The molecule has 0 amide bonds. The molecular formula is C20H20N4O2S. The van der Waals surface area contributed by atoms with Crippen molar-refractivity contribution < 1.29 is 9.47 Å². The number of hydrogen-bond acceptors (Lipinski definition) is 6. The summed E-state index contributed by atoms with van der Waals surface area (Å²) in [5.74, 6) is 2.03. The molecule has 4 aromatic rings. The molecule has 1 aliphatic rings. The zero-order chi connectivity index (χ0) is 18.4. The van der Waals surface area contributed by atoms with Gasteiger partial charge in [-0.15, -0.1) is 16.4 Å². The highest BCUT2D eigenvalue weighted by Crippen LogP contribution is 2.37. The first-order valence-corrected chi connectivity index (χ1v) is 9.98. The SMILES string of the molecule is COc1ccc(-c2nc3c4c5c(sc4ncn3n2)CCCCC5)cc1OC. The van der Waals surface area contributed by atoms with Crippen LogP contribution in [-0.4, -0.2) is 33.8 Å². The molecule has 0 radical (unpaired) electrons. The van der Waals surface area contributed by atoms with Gasteiger partial charge in [-0.05, 0) is 49.4 Å². The van der Waals surface area contributed by atoms with Gasteiger partial charge in [0.1, 0.15) is 11.2 Å². The van der Waals surface area contributed by atoms with Crippen molar-refractivity contribution in [1.29, 1.82) is 0 Å². The van der Waals surface area contributed by atoms with E-state index < -0.39 is 0 Å². The van der Waals surface area contributed by atoms with E-state index in [0.717, 1.165) is 28.9 Å². The van der Waals surface area contributed by atoms with E-state index in [9.17, 15) is 0 Å². The van der Waals surface area contributed by atoms with Crippen molar-refractivity contribution in [2.24, 2.45) is 0 Å². The van der Waals surface area contributed by atoms with Crippen molar-refractivity contribution in [3.05, 3.63) is 35.0 Å². The first-order chi connectivity index (χ1) is 13.3. The van der Waals surface area contributed by atoms with Crippen molar-refractivity contribution in [2.75, 3.05) is 14.2 Å². The maximum Gasteiger partial charge on any atom is 0.182 e. The van der Waals surface area contributed by atoms with Crippen LogP contribution in [0, 0.1) is 0 Å². The lowest BCUT2D eigenvalue weighted by Crippen LogP contribution is -1.92. The third kappa shape index (κ3) is 2.65. The second kappa shape index (κ2) is 6.49. The van der Waals surface area contributed by atoms with Crippen LogP contribution in [0.4, 0.5) is 0 Å². The number of ether oxygens (including phenoxy) is 2. The lowest BCUT2D eigenvalue weighted by Gasteiger charge is -2.07. The first-order valence-electron chi connectivity index (χ1n) is 9.16. The van der Waals surface area contributed by atoms with Gasteiger partial charge in [0.05, 0.1) is 19.6 Å². The molecule has 1 aromatic carbocycles. The Labute approximate surface area is 160 Å². The minimum Gasteiger partial charge on any atom is -0.493 e. The van der Waals surface area contributed by atoms with E-state index in [1.165, 1.54) is 35.1 Å². The van der Waals surface area contributed by atoms with Crippen LogP contribution in [0.5, 0.6) is 11.5 Å². The van der Waals surface area contributed by atoms with Gasteiger partial charge in [0.15, 0.2) is 23.0 Å². The zero-order valence-electron chi connectivity index (χ0n) is 15.4. The Morgan fingerprint density at radius 1 is 1.04 bits per heavy atom. The van der Waals surface area contributed by atoms with E-state index in [0.29, 0.717) is 17.3 Å². The van der Waals surface area contributed by atoms with Crippen molar-refractivity contribution >= 4 is 27.2 Å². The molecule has 5 rings (SSSR count). The maximum absolute atomic E-state index is 5.42. The van der Waals surface area contributed by atoms with Crippen molar-refractivity contribution in [2.45, 2.75) is 32.1 Å². The Kier molecular flexibility index (Phi) is 3.97. The quantitative estimate of drug-likeness (QED) is 0.496. The van der Waals surface area contributed by atoms with E-state index in [4.69, 9.17) is 14.5 Å². The number of methoxy groups -OCH3 is 2. The molecule has 0 spiro atoms. The van der Waals surface area contributed by atoms with Crippen LogP contribution in [0.2, 0.25) is 0 Å². The monoisotopic (exact) mass is 380 g/mol. The van der Waals surface area contributed by atoms with Crippen LogP contribution in [0.15, 0.2) is 24.5 Å². The van der Waals surface area contributed by atoms with Gasteiger partial charge in [-0.2, -0.15) is 0 Å². The smallest absolute Gasteiger partial charge is 0.182 e. The Morgan fingerprint density at radius 3 is 2.74 bits per heavy atom. The zero-order valence-corrected chi connectivity index (χ0v) is 16.2. The van der Waals surface area contributed by atoms with Crippen molar-refractivity contribution in [3.8, 4) is 22.9 Å². The van der Waals surface area contributed by atoms with Crippen LogP contribution in [0.3, 0.4) is 0 Å². The molecule has 27 heavy (non-hydrogen) atoms. The van der Waals surface area contributed by atoms with Crippen LogP contribution in [0.1, 0.15) is 29.7 Å². The molecule has 0 unspecified atom stereocenters. The number of aromatic nitrogens is 4. The largest absolute Gasteiger partial charge is 0.493 e. The molecule has 1 aliphatic carbocycles. The van der Waals surface area contributed by atoms with Gasteiger partial charge in [-0.3, -0.25) is 0 Å². The molecule has 0 fully saturated rings. The summed E-state index contributed by atoms with van der Waals surface area (Å²) in [6.07, 6.45) is 7.82. The molecule has 0 saturated carbocycles. The minimum atomic E-state index is 0.666. The van der Waals surface area contributed by atoms with E-state index in [-0.39, 0.29) is 0 Å². The topological polar surface area (TPSA) is 61.5 Å². The first kappa shape index (κ1) is 16.5. The van der Waals surface area contributed by atoms with E-state index >= 15 is 0 Å². The molecule has 3 heterocycles. The lowest BCUT2D eigenvalue weighted by molar-refractivity contribution is 0.355. The van der Waals surface area contributed by atoms with Gasteiger partial charge >= 0.3 is 0 Å². The lowest BCUT2D eigenvalue weighted by atomic mass is 10.1. The van der Waals surface area contributed by atoms with Crippen molar-refractivity contribution in [3.63, 3.8) is 0 Å². The molecule has 0 N–H and O–H groups in total. The molecule has 0 atom stereocenters. The number of aryl methyl sites for hydroxylation is 2.